The first-order chi connectivity index (χ1) is 14.7. The summed E-state index contributed by atoms with van der Waals surface area (Å²) in [6.45, 7) is 2.42. The lowest BCUT2D eigenvalue weighted by molar-refractivity contribution is 0.171. The topological polar surface area (TPSA) is 58.4 Å². The van der Waals surface area contributed by atoms with Gasteiger partial charge in [-0.05, 0) is 36.2 Å². The van der Waals surface area contributed by atoms with Gasteiger partial charge >= 0.3 is 0 Å². The number of hydrogen-bond acceptors (Lipinski definition) is 6. The molecular weight excluding hydrogens is 445 g/mol. The molecule has 30 heavy (non-hydrogen) atoms. The van der Waals surface area contributed by atoms with Crippen LogP contribution in [0.15, 0.2) is 41.6 Å². The molecule has 0 N–H and O–H groups in total. The van der Waals surface area contributed by atoms with Crippen molar-refractivity contribution in [2.75, 3.05) is 26.9 Å². The highest BCUT2D eigenvalue weighted by Crippen LogP contribution is 2.40. The number of methoxy groups -OCH3 is 1. The number of hydrogen-bond donors (Lipinski definition) is 0. The van der Waals surface area contributed by atoms with Crippen molar-refractivity contribution < 1.29 is 14.2 Å². The zero-order valence-corrected chi connectivity index (χ0v) is 18.8. The molecule has 0 aliphatic carbocycles. The standard InChI is InChI=1S/C21H21Cl2N3O3S/c1-27-8-4-7-26-20(15-5-2-3-6-16(15)22)24-25-21(26)30-13-14-11-17(23)19-18(12-14)28-9-10-29-19/h2-3,5-6,11-12H,4,7-10,13H2,1H3. The Hall–Kier alpha value is -1.93. The summed E-state index contributed by atoms with van der Waals surface area (Å²) in [5.74, 6) is 2.71. The lowest BCUT2D eigenvalue weighted by atomic mass is 10.2. The fourth-order valence-corrected chi connectivity index (χ4v) is 4.60. The number of ether oxygens (including phenoxy) is 3. The summed E-state index contributed by atoms with van der Waals surface area (Å²) < 4.78 is 18.6. The van der Waals surface area contributed by atoms with Gasteiger partial charge in [-0.1, -0.05) is 47.1 Å². The van der Waals surface area contributed by atoms with Crippen LogP contribution < -0.4 is 9.47 Å². The van der Waals surface area contributed by atoms with E-state index >= 15 is 0 Å². The quantitative estimate of drug-likeness (QED) is 0.330. The maximum absolute atomic E-state index is 6.41. The van der Waals surface area contributed by atoms with E-state index in [0.717, 1.165) is 35.1 Å². The van der Waals surface area contributed by atoms with Crippen LogP contribution in [0.2, 0.25) is 10.0 Å². The number of halogens is 2. The van der Waals surface area contributed by atoms with E-state index in [0.29, 0.717) is 47.1 Å². The SMILES string of the molecule is COCCCn1c(SCc2cc(Cl)c3c(c2)OCCO3)nnc1-c1ccccc1Cl. The molecular formula is C21H21Cl2N3O3S. The minimum absolute atomic E-state index is 0.510. The molecule has 0 spiro atoms. The first kappa shape index (κ1) is 21.3. The van der Waals surface area contributed by atoms with Gasteiger partial charge in [0.2, 0.25) is 0 Å². The van der Waals surface area contributed by atoms with Crippen molar-refractivity contribution >= 4 is 35.0 Å². The molecule has 1 aliphatic rings. The number of thioether (sulfide) groups is 1. The Bertz CT molecular complexity index is 1030. The van der Waals surface area contributed by atoms with Gasteiger partial charge in [0.15, 0.2) is 22.5 Å². The van der Waals surface area contributed by atoms with E-state index in [1.54, 1.807) is 18.9 Å². The summed E-state index contributed by atoms with van der Waals surface area (Å²) in [4.78, 5) is 0. The van der Waals surface area contributed by atoms with Crippen LogP contribution in [0.4, 0.5) is 0 Å². The average Bonchev–Trinajstić information content (AvgIpc) is 3.15. The van der Waals surface area contributed by atoms with Gasteiger partial charge in [-0.25, -0.2) is 0 Å². The van der Waals surface area contributed by atoms with Crippen LogP contribution in [0.25, 0.3) is 11.4 Å². The van der Waals surface area contributed by atoms with Crippen LogP contribution in [-0.2, 0) is 17.0 Å². The van der Waals surface area contributed by atoms with Gasteiger partial charge in [0.1, 0.15) is 13.2 Å². The summed E-state index contributed by atoms with van der Waals surface area (Å²) >= 11 is 14.4. The summed E-state index contributed by atoms with van der Waals surface area (Å²) in [7, 11) is 1.70. The van der Waals surface area contributed by atoms with Crippen LogP contribution in [0.5, 0.6) is 11.5 Å². The van der Waals surface area contributed by atoms with Crippen molar-refractivity contribution in [3.8, 4) is 22.9 Å². The number of rotatable bonds is 8. The molecule has 2 aromatic carbocycles. The van der Waals surface area contributed by atoms with Crippen molar-refractivity contribution in [1.29, 1.82) is 0 Å². The van der Waals surface area contributed by atoms with E-state index in [1.807, 2.05) is 36.4 Å². The van der Waals surface area contributed by atoms with E-state index in [4.69, 9.17) is 37.4 Å². The summed E-state index contributed by atoms with van der Waals surface area (Å²) in [5.41, 5.74) is 1.89. The van der Waals surface area contributed by atoms with Crippen LogP contribution in [-0.4, -0.2) is 41.7 Å². The predicted molar refractivity (Wildman–Crippen MR) is 119 cm³/mol. The summed E-state index contributed by atoms with van der Waals surface area (Å²) in [6.07, 6.45) is 0.843. The molecule has 4 rings (SSSR count). The Morgan fingerprint density at radius 1 is 1.10 bits per heavy atom. The number of benzene rings is 2. The first-order valence-corrected chi connectivity index (χ1v) is 11.3. The third-order valence-corrected chi connectivity index (χ3v) is 6.23. The van der Waals surface area contributed by atoms with Crippen LogP contribution in [0.1, 0.15) is 12.0 Å². The average molecular weight is 466 g/mol. The van der Waals surface area contributed by atoms with Gasteiger partial charge in [0, 0.05) is 31.6 Å². The highest BCUT2D eigenvalue weighted by atomic mass is 35.5. The molecule has 0 saturated carbocycles. The molecule has 9 heteroatoms. The predicted octanol–water partition coefficient (Wildman–Crippen LogP) is 5.35. The van der Waals surface area contributed by atoms with Gasteiger partial charge in [-0.3, -0.25) is 0 Å². The molecule has 1 aliphatic heterocycles. The number of fused-ring (bicyclic) bond motifs is 1. The number of aromatic nitrogens is 3. The lowest BCUT2D eigenvalue weighted by Gasteiger charge is -2.20. The first-order valence-electron chi connectivity index (χ1n) is 9.55. The Morgan fingerprint density at radius 3 is 2.77 bits per heavy atom. The van der Waals surface area contributed by atoms with E-state index < -0.39 is 0 Å². The second kappa shape index (κ2) is 9.92. The molecule has 1 aromatic heterocycles. The van der Waals surface area contributed by atoms with Gasteiger partial charge in [0.05, 0.1) is 10.0 Å². The Morgan fingerprint density at radius 2 is 1.93 bits per heavy atom. The van der Waals surface area contributed by atoms with E-state index in [-0.39, 0.29) is 0 Å². The van der Waals surface area contributed by atoms with Gasteiger partial charge < -0.3 is 18.8 Å². The monoisotopic (exact) mass is 465 g/mol. The molecule has 0 unspecified atom stereocenters. The van der Waals surface area contributed by atoms with Gasteiger partial charge in [-0.15, -0.1) is 10.2 Å². The second-order valence-electron chi connectivity index (χ2n) is 6.67. The molecule has 0 saturated heterocycles. The van der Waals surface area contributed by atoms with Crippen molar-refractivity contribution in [3.63, 3.8) is 0 Å². The van der Waals surface area contributed by atoms with Gasteiger partial charge in [0.25, 0.3) is 0 Å². The lowest BCUT2D eigenvalue weighted by Crippen LogP contribution is -2.15. The molecule has 0 radical (unpaired) electrons. The maximum atomic E-state index is 6.41. The highest BCUT2D eigenvalue weighted by molar-refractivity contribution is 7.98. The molecule has 0 amide bonds. The van der Waals surface area contributed by atoms with Crippen molar-refractivity contribution in [1.82, 2.24) is 14.8 Å². The van der Waals surface area contributed by atoms with Crippen LogP contribution in [0, 0.1) is 0 Å². The summed E-state index contributed by atoms with van der Waals surface area (Å²) in [5, 5.41) is 10.9. The van der Waals surface area contributed by atoms with Crippen LogP contribution in [0.3, 0.4) is 0 Å². The zero-order chi connectivity index (χ0) is 20.9. The Balaban J connectivity index is 1.58. The molecule has 0 fully saturated rings. The minimum atomic E-state index is 0.510. The Labute approximate surface area is 189 Å². The maximum Gasteiger partial charge on any atom is 0.191 e. The molecule has 6 nitrogen and oxygen atoms in total. The molecule has 3 aromatic rings. The van der Waals surface area contributed by atoms with Crippen molar-refractivity contribution in [2.45, 2.75) is 23.9 Å². The fourth-order valence-electron chi connectivity index (χ4n) is 3.20. The smallest absolute Gasteiger partial charge is 0.191 e. The zero-order valence-electron chi connectivity index (χ0n) is 16.4. The molecule has 158 valence electrons. The number of nitrogens with zero attached hydrogens (tertiary/aromatic N) is 3. The van der Waals surface area contributed by atoms with E-state index in [1.165, 1.54) is 0 Å². The van der Waals surface area contributed by atoms with Gasteiger partial charge in [-0.2, -0.15) is 0 Å². The largest absolute Gasteiger partial charge is 0.486 e. The van der Waals surface area contributed by atoms with Crippen LogP contribution >= 0.6 is 35.0 Å². The van der Waals surface area contributed by atoms with Crippen molar-refractivity contribution in [3.05, 3.63) is 52.0 Å². The molecule has 0 bridgehead atoms. The third kappa shape index (κ3) is 4.70. The van der Waals surface area contributed by atoms with E-state index in [2.05, 4.69) is 14.8 Å². The molecule has 0 atom stereocenters. The minimum Gasteiger partial charge on any atom is -0.486 e. The second-order valence-corrected chi connectivity index (χ2v) is 8.43. The summed E-state index contributed by atoms with van der Waals surface area (Å²) in [6, 6.07) is 11.5. The van der Waals surface area contributed by atoms with E-state index in [9.17, 15) is 0 Å². The molecule has 2 heterocycles. The normalized spacial score (nSPS) is 12.9. The fraction of sp³-hybridized carbons (Fsp3) is 0.333. The Kier molecular flexibility index (Phi) is 7.04. The highest BCUT2D eigenvalue weighted by Gasteiger charge is 2.19. The van der Waals surface area contributed by atoms with Crippen molar-refractivity contribution in [2.24, 2.45) is 0 Å². The third-order valence-electron chi connectivity index (χ3n) is 4.59.